The number of hydrogen-bond acceptors (Lipinski definition) is 3. The molecule has 2 aliphatic rings. The first-order valence-electron chi connectivity index (χ1n) is 6.82. The van der Waals surface area contributed by atoms with E-state index >= 15 is 0 Å². The first-order valence-corrected chi connectivity index (χ1v) is 6.82. The number of hydrogen-bond donors (Lipinski definition) is 2. The Bertz CT molecular complexity index is 506. The van der Waals surface area contributed by atoms with Gasteiger partial charge in [-0.15, -0.1) is 0 Å². The van der Waals surface area contributed by atoms with Crippen molar-refractivity contribution >= 4 is 11.8 Å². The monoisotopic (exact) mass is 262 g/mol. The van der Waals surface area contributed by atoms with Gasteiger partial charge in [-0.05, 0) is 38.2 Å². The van der Waals surface area contributed by atoms with Crippen molar-refractivity contribution in [2.45, 2.75) is 38.1 Å². The smallest absolute Gasteiger partial charge is 0.269 e. The fraction of sp³-hybridized carbons (Fsp3) is 0.615. The largest absolute Gasteiger partial charge is 0.364 e. The van der Waals surface area contributed by atoms with Crippen LogP contribution in [0.15, 0.2) is 6.07 Å². The summed E-state index contributed by atoms with van der Waals surface area (Å²) in [6, 6.07) is 1.69. The average molecular weight is 262 g/mol. The number of nitrogens with two attached hydrogens (primary N) is 1. The molecule has 1 aliphatic heterocycles. The third kappa shape index (κ3) is 2.34. The molecule has 3 rings (SSSR count). The lowest BCUT2D eigenvalue weighted by Crippen LogP contribution is -2.39. The van der Waals surface area contributed by atoms with E-state index in [1.807, 2.05) is 4.90 Å². The van der Waals surface area contributed by atoms with Crippen LogP contribution in [0.1, 0.15) is 54.3 Å². The van der Waals surface area contributed by atoms with Crippen LogP contribution in [-0.2, 0) is 4.79 Å². The quantitative estimate of drug-likeness (QED) is 0.850. The minimum Gasteiger partial charge on any atom is -0.364 e. The standard InChI is InChI=1S/C13H18N4O2/c14-12(18)10-7-9(15-16-10)11-3-1-2-6-17(11)13(19)8-4-5-8/h7-8,11H,1-6H2,(H2,14,18)(H,15,16)/t11-/m0/s1. The molecule has 0 unspecified atom stereocenters. The Morgan fingerprint density at radius 1 is 1.32 bits per heavy atom. The molecule has 0 bridgehead atoms. The lowest BCUT2D eigenvalue weighted by atomic mass is 9.98. The van der Waals surface area contributed by atoms with E-state index in [1.165, 1.54) is 0 Å². The van der Waals surface area contributed by atoms with E-state index in [0.717, 1.165) is 44.3 Å². The van der Waals surface area contributed by atoms with Gasteiger partial charge in [0.2, 0.25) is 5.91 Å². The Morgan fingerprint density at radius 2 is 2.11 bits per heavy atom. The average Bonchev–Trinajstić information content (AvgIpc) is 3.14. The predicted molar refractivity (Wildman–Crippen MR) is 68.1 cm³/mol. The van der Waals surface area contributed by atoms with Gasteiger partial charge in [-0.25, -0.2) is 0 Å². The van der Waals surface area contributed by atoms with E-state index in [4.69, 9.17) is 5.73 Å². The summed E-state index contributed by atoms with van der Waals surface area (Å²) in [7, 11) is 0. The van der Waals surface area contributed by atoms with Gasteiger partial charge in [0.1, 0.15) is 5.69 Å². The number of carbonyl (C=O) groups is 2. The highest BCUT2D eigenvalue weighted by Gasteiger charge is 2.38. The lowest BCUT2D eigenvalue weighted by Gasteiger charge is -2.35. The Kier molecular flexibility index (Phi) is 3.00. The SMILES string of the molecule is NC(=O)c1cc([C@@H]2CCCCN2C(=O)C2CC2)[nH]n1. The molecular weight excluding hydrogens is 244 g/mol. The first kappa shape index (κ1) is 12.2. The Hall–Kier alpha value is -1.85. The van der Waals surface area contributed by atoms with Gasteiger partial charge in [0.05, 0.1) is 11.7 Å². The molecule has 2 amide bonds. The lowest BCUT2D eigenvalue weighted by molar-refractivity contribution is -0.136. The summed E-state index contributed by atoms with van der Waals surface area (Å²) in [5.74, 6) is -0.0718. The fourth-order valence-corrected chi connectivity index (χ4v) is 2.72. The van der Waals surface area contributed by atoms with Gasteiger partial charge in [0, 0.05) is 12.5 Å². The van der Waals surface area contributed by atoms with Crippen molar-refractivity contribution in [1.29, 1.82) is 0 Å². The molecule has 0 aromatic carbocycles. The van der Waals surface area contributed by atoms with E-state index in [1.54, 1.807) is 6.07 Å². The minimum atomic E-state index is -0.543. The maximum atomic E-state index is 12.3. The number of H-pyrrole nitrogens is 1. The number of nitrogens with zero attached hydrogens (tertiary/aromatic N) is 2. The molecule has 1 aliphatic carbocycles. The summed E-state index contributed by atoms with van der Waals surface area (Å²) in [6.07, 6.45) is 5.07. The summed E-state index contributed by atoms with van der Waals surface area (Å²) in [4.78, 5) is 25.3. The van der Waals surface area contributed by atoms with Gasteiger partial charge < -0.3 is 10.6 Å². The Labute approximate surface area is 111 Å². The van der Waals surface area contributed by atoms with E-state index in [-0.39, 0.29) is 23.6 Å². The van der Waals surface area contributed by atoms with Gasteiger partial charge in [-0.3, -0.25) is 14.7 Å². The second-order valence-electron chi connectivity index (χ2n) is 5.39. The van der Waals surface area contributed by atoms with Gasteiger partial charge >= 0.3 is 0 Å². The zero-order valence-electron chi connectivity index (χ0n) is 10.8. The molecule has 3 N–H and O–H groups in total. The van der Waals surface area contributed by atoms with Crippen molar-refractivity contribution in [1.82, 2.24) is 15.1 Å². The predicted octanol–water partition coefficient (Wildman–Crippen LogP) is 0.972. The van der Waals surface area contributed by atoms with Crippen LogP contribution in [0.4, 0.5) is 0 Å². The van der Waals surface area contributed by atoms with Crippen molar-refractivity contribution in [2.24, 2.45) is 11.7 Å². The van der Waals surface area contributed by atoms with E-state index < -0.39 is 5.91 Å². The maximum Gasteiger partial charge on any atom is 0.269 e. The second kappa shape index (κ2) is 4.68. The zero-order chi connectivity index (χ0) is 13.4. The van der Waals surface area contributed by atoms with Crippen LogP contribution >= 0.6 is 0 Å². The van der Waals surface area contributed by atoms with Crippen molar-refractivity contribution in [2.75, 3.05) is 6.54 Å². The Balaban J connectivity index is 1.82. The molecule has 102 valence electrons. The van der Waals surface area contributed by atoms with Gasteiger partial charge in [-0.2, -0.15) is 5.10 Å². The Morgan fingerprint density at radius 3 is 2.74 bits per heavy atom. The van der Waals surface area contributed by atoms with Crippen molar-refractivity contribution in [3.63, 3.8) is 0 Å². The topological polar surface area (TPSA) is 92.1 Å². The van der Waals surface area contributed by atoms with E-state index in [2.05, 4.69) is 10.2 Å². The molecule has 0 radical (unpaired) electrons. The highest BCUT2D eigenvalue weighted by molar-refractivity contribution is 5.90. The molecule has 1 saturated heterocycles. The van der Waals surface area contributed by atoms with Crippen LogP contribution in [0.2, 0.25) is 0 Å². The summed E-state index contributed by atoms with van der Waals surface area (Å²) in [5.41, 5.74) is 6.26. The molecule has 1 saturated carbocycles. The molecule has 2 heterocycles. The summed E-state index contributed by atoms with van der Waals surface area (Å²) in [6.45, 7) is 0.797. The molecule has 19 heavy (non-hydrogen) atoms. The fourth-order valence-electron chi connectivity index (χ4n) is 2.72. The number of piperidine rings is 1. The summed E-state index contributed by atoms with van der Waals surface area (Å²) < 4.78 is 0. The molecule has 6 heteroatoms. The number of aromatic amines is 1. The number of aromatic nitrogens is 2. The zero-order valence-corrected chi connectivity index (χ0v) is 10.8. The van der Waals surface area contributed by atoms with Crippen molar-refractivity contribution < 1.29 is 9.59 Å². The summed E-state index contributed by atoms with van der Waals surface area (Å²) >= 11 is 0. The highest BCUT2D eigenvalue weighted by atomic mass is 16.2. The van der Waals surface area contributed by atoms with Crippen LogP contribution in [0.25, 0.3) is 0 Å². The van der Waals surface area contributed by atoms with Gasteiger partial charge in [-0.1, -0.05) is 0 Å². The van der Waals surface area contributed by atoms with E-state index in [0.29, 0.717) is 0 Å². The number of primary amides is 1. The third-order valence-electron chi connectivity index (χ3n) is 3.92. The van der Waals surface area contributed by atoms with Crippen LogP contribution in [0.3, 0.4) is 0 Å². The van der Waals surface area contributed by atoms with Gasteiger partial charge in [0.15, 0.2) is 0 Å². The number of carbonyl (C=O) groups excluding carboxylic acids is 2. The van der Waals surface area contributed by atoms with Crippen LogP contribution in [-0.4, -0.2) is 33.5 Å². The number of likely N-dealkylation sites (tertiary alicyclic amines) is 1. The number of nitrogens with one attached hydrogen (secondary N) is 1. The van der Waals surface area contributed by atoms with E-state index in [9.17, 15) is 9.59 Å². The molecule has 6 nitrogen and oxygen atoms in total. The normalized spacial score (nSPS) is 23.4. The van der Waals surface area contributed by atoms with Crippen LogP contribution in [0.5, 0.6) is 0 Å². The second-order valence-corrected chi connectivity index (χ2v) is 5.39. The third-order valence-corrected chi connectivity index (χ3v) is 3.92. The molecule has 2 fully saturated rings. The highest BCUT2D eigenvalue weighted by Crippen LogP contribution is 2.37. The first-order chi connectivity index (χ1) is 9.16. The molecule has 1 aromatic rings. The van der Waals surface area contributed by atoms with Gasteiger partial charge in [0.25, 0.3) is 5.91 Å². The minimum absolute atomic E-state index is 0.0162. The summed E-state index contributed by atoms with van der Waals surface area (Å²) in [5, 5.41) is 6.76. The van der Waals surface area contributed by atoms with Crippen molar-refractivity contribution in [3.8, 4) is 0 Å². The number of rotatable bonds is 3. The van der Waals surface area contributed by atoms with Crippen molar-refractivity contribution in [3.05, 3.63) is 17.5 Å². The number of amides is 2. The molecule has 0 spiro atoms. The molecular formula is C13H18N4O2. The van der Waals surface area contributed by atoms with Crippen LogP contribution < -0.4 is 5.73 Å². The molecule has 1 atom stereocenters. The maximum absolute atomic E-state index is 12.3. The van der Waals surface area contributed by atoms with Crippen LogP contribution in [0, 0.1) is 5.92 Å². The molecule has 1 aromatic heterocycles.